The number of rotatable bonds is 9. The molecule has 3 aromatic rings. The highest BCUT2D eigenvalue weighted by Gasteiger charge is 2.13. The van der Waals surface area contributed by atoms with Crippen LogP contribution in [0.2, 0.25) is 5.02 Å². The monoisotopic (exact) mass is 607 g/mol. The summed E-state index contributed by atoms with van der Waals surface area (Å²) in [6.07, 6.45) is 1.06. The van der Waals surface area contributed by atoms with E-state index in [2.05, 4.69) is 47.7 Å². The van der Waals surface area contributed by atoms with Crippen molar-refractivity contribution in [2.24, 2.45) is 5.10 Å². The van der Waals surface area contributed by atoms with Crippen molar-refractivity contribution in [2.75, 3.05) is 12.4 Å². The van der Waals surface area contributed by atoms with Gasteiger partial charge in [0, 0.05) is 15.1 Å². The van der Waals surface area contributed by atoms with Crippen molar-refractivity contribution in [1.82, 2.24) is 5.43 Å². The first-order valence-electron chi connectivity index (χ1n) is 9.97. The summed E-state index contributed by atoms with van der Waals surface area (Å²) in [5.74, 6) is -0.0232. The summed E-state index contributed by atoms with van der Waals surface area (Å²) in [5, 5.41) is 7.20. The molecule has 0 aliphatic carbocycles. The predicted octanol–water partition coefficient (Wildman–Crippen LogP) is 5.93. The second-order valence-electron chi connectivity index (χ2n) is 6.91. The summed E-state index contributed by atoms with van der Waals surface area (Å²) >= 11 is 13.0. The van der Waals surface area contributed by atoms with Crippen LogP contribution in [0.5, 0.6) is 11.5 Å². The summed E-state index contributed by atoms with van der Waals surface area (Å²) < 4.78 is 12.7. The highest BCUT2D eigenvalue weighted by Crippen LogP contribution is 2.37. The van der Waals surface area contributed by atoms with E-state index < -0.39 is 11.8 Å². The topological polar surface area (TPSA) is 89.0 Å². The molecule has 0 fully saturated rings. The van der Waals surface area contributed by atoms with Gasteiger partial charge in [-0.3, -0.25) is 9.59 Å². The van der Waals surface area contributed by atoms with Gasteiger partial charge < -0.3 is 14.8 Å². The molecule has 0 atom stereocenters. The molecule has 0 bridgehead atoms. The second kappa shape index (κ2) is 12.5. The molecule has 0 saturated carbocycles. The Morgan fingerprint density at radius 3 is 2.50 bits per heavy atom. The van der Waals surface area contributed by atoms with Crippen molar-refractivity contribution in [3.8, 4) is 11.5 Å². The van der Waals surface area contributed by atoms with E-state index in [1.54, 1.807) is 36.4 Å². The van der Waals surface area contributed by atoms with E-state index in [4.69, 9.17) is 21.1 Å². The van der Waals surface area contributed by atoms with Crippen LogP contribution in [0.1, 0.15) is 17.5 Å². The number of nitrogens with zero attached hydrogens (tertiary/aromatic N) is 1. The Labute approximate surface area is 218 Å². The molecule has 3 rings (SSSR count). The maximum absolute atomic E-state index is 12.1. The number of carbonyl (C=O) groups is 2. The zero-order valence-corrected chi connectivity index (χ0v) is 21.9. The number of carbonyl (C=O) groups excluding carboxylic acids is 2. The number of hydrogen-bond donors (Lipinski definition) is 2. The first-order chi connectivity index (χ1) is 16.4. The van der Waals surface area contributed by atoms with E-state index in [0.29, 0.717) is 32.2 Å². The maximum Gasteiger partial charge on any atom is 0.249 e. The van der Waals surface area contributed by atoms with Crippen LogP contribution in [0, 0.1) is 0 Å². The lowest BCUT2D eigenvalue weighted by Gasteiger charge is -2.14. The Kier molecular flexibility index (Phi) is 9.50. The highest BCUT2D eigenvalue weighted by atomic mass is 79.9. The van der Waals surface area contributed by atoms with Crippen molar-refractivity contribution in [3.63, 3.8) is 0 Å². The molecule has 176 valence electrons. The molecule has 0 aliphatic rings. The zero-order chi connectivity index (χ0) is 24.5. The molecule has 2 amide bonds. The van der Waals surface area contributed by atoms with E-state index in [1.165, 1.54) is 13.3 Å². The third-order valence-corrected chi connectivity index (χ3v) is 6.10. The van der Waals surface area contributed by atoms with Gasteiger partial charge in [0.15, 0.2) is 11.5 Å². The van der Waals surface area contributed by atoms with Crippen molar-refractivity contribution in [1.29, 1.82) is 0 Å². The van der Waals surface area contributed by atoms with Gasteiger partial charge in [-0.2, -0.15) is 5.10 Å². The third kappa shape index (κ3) is 7.31. The average molecular weight is 610 g/mol. The van der Waals surface area contributed by atoms with Gasteiger partial charge >= 0.3 is 0 Å². The smallest absolute Gasteiger partial charge is 0.249 e. The van der Waals surface area contributed by atoms with Gasteiger partial charge in [-0.1, -0.05) is 41.9 Å². The Morgan fingerprint density at radius 1 is 1.03 bits per heavy atom. The number of nitrogens with one attached hydrogen (secondary N) is 2. The van der Waals surface area contributed by atoms with Crippen LogP contribution in [0.3, 0.4) is 0 Å². The van der Waals surface area contributed by atoms with Gasteiger partial charge in [-0.25, -0.2) is 5.43 Å². The average Bonchev–Trinajstić information content (AvgIpc) is 2.80. The first kappa shape index (κ1) is 25.7. The molecule has 0 heterocycles. The molecule has 34 heavy (non-hydrogen) atoms. The van der Waals surface area contributed by atoms with Crippen molar-refractivity contribution in [3.05, 3.63) is 85.8 Å². The number of amides is 2. The van der Waals surface area contributed by atoms with Gasteiger partial charge in [-0.05, 0) is 67.8 Å². The lowest BCUT2D eigenvalue weighted by Crippen LogP contribution is -2.24. The summed E-state index contributed by atoms with van der Waals surface area (Å²) in [5.41, 5.74) is 4.41. The molecule has 2 N–H and O–H groups in total. The molecule has 0 radical (unpaired) electrons. The van der Waals surface area contributed by atoms with Crippen LogP contribution >= 0.6 is 43.5 Å². The Hall–Kier alpha value is -2.88. The van der Waals surface area contributed by atoms with E-state index >= 15 is 0 Å². The standard InChI is InChI=1S/C24H20Br2ClN3O4/c1-33-21-11-15(10-18(26)24(21)34-14-16-6-2-4-8-19(16)27)13-28-30-23(32)12-22(31)29-20-9-5-3-7-17(20)25/h2-11,13H,12,14H2,1H3,(H,29,31)(H,30,32). The number of anilines is 1. The maximum atomic E-state index is 12.1. The summed E-state index contributed by atoms with van der Waals surface area (Å²) in [6.45, 7) is 0.264. The number of benzene rings is 3. The lowest BCUT2D eigenvalue weighted by molar-refractivity contribution is -0.126. The summed E-state index contributed by atoms with van der Waals surface area (Å²) in [7, 11) is 1.52. The molecule has 0 saturated heterocycles. The van der Waals surface area contributed by atoms with Crippen LogP contribution in [0.25, 0.3) is 0 Å². The quantitative estimate of drug-likeness (QED) is 0.179. The molecule has 3 aromatic carbocycles. The Balaban J connectivity index is 1.58. The summed E-state index contributed by atoms with van der Waals surface area (Å²) in [6, 6.07) is 18.0. The fourth-order valence-electron chi connectivity index (χ4n) is 2.84. The van der Waals surface area contributed by atoms with Gasteiger partial charge in [0.05, 0.1) is 23.5 Å². The molecule has 0 unspecified atom stereocenters. The Morgan fingerprint density at radius 2 is 1.76 bits per heavy atom. The minimum atomic E-state index is -0.550. The second-order valence-corrected chi connectivity index (χ2v) is 9.03. The Bertz CT molecular complexity index is 1220. The lowest BCUT2D eigenvalue weighted by atomic mass is 10.2. The third-order valence-electron chi connectivity index (χ3n) is 4.45. The normalized spacial score (nSPS) is 10.7. The minimum Gasteiger partial charge on any atom is -0.493 e. The molecule has 10 heteroatoms. The van der Waals surface area contributed by atoms with E-state index in [-0.39, 0.29) is 13.0 Å². The number of hydrogen-bond acceptors (Lipinski definition) is 5. The first-order valence-corrected chi connectivity index (χ1v) is 11.9. The largest absolute Gasteiger partial charge is 0.493 e. The van der Waals surface area contributed by atoms with E-state index in [9.17, 15) is 9.59 Å². The number of methoxy groups -OCH3 is 1. The van der Waals surface area contributed by atoms with Crippen molar-refractivity contribution in [2.45, 2.75) is 13.0 Å². The van der Waals surface area contributed by atoms with Gasteiger partial charge in [0.2, 0.25) is 11.8 Å². The van der Waals surface area contributed by atoms with E-state index in [0.717, 1.165) is 10.0 Å². The fraction of sp³-hybridized carbons (Fsp3) is 0.125. The van der Waals surface area contributed by atoms with Gasteiger partial charge in [0.1, 0.15) is 13.0 Å². The molecule has 7 nitrogen and oxygen atoms in total. The summed E-state index contributed by atoms with van der Waals surface area (Å²) in [4.78, 5) is 24.1. The van der Waals surface area contributed by atoms with Crippen LogP contribution < -0.4 is 20.2 Å². The SMILES string of the molecule is COc1cc(C=NNC(=O)CC(=O)Nc2ccccc2Br)cc(Br)c1OCc1ccccc1Cl. The molecular formula is C24H20Br2ClN3O4. The number of halogens is 3. The number of para-hydroxylation sites is 1. The molecular weight excluding hydrogens is 590 g/mol. The van der Waals surface area contributed by atoms with Crippen LogP contribution in [-0.4, -0.2) is 25.1 Å². The molecule has 0 spiro atoms. The highest BCUT2D eigenvalue weighted by molar-refractivity contribution is 9.11. The predicted molar refractivity (Wildman–Crippen MR) is 140 cm³/mol. The van der Waals surface area contributed by atoms with Crippen LogP contribution in [0.15, 0.2) is 74.7 Å². The van der Waals surface area contributed by atoms with Crippen molar-refractivity contribution >= 4 is 67.2 Å². The van der Waals surface area contributed by atoms with Crippen LogP contribution in [0.4, 0.5) is 5.69 Å². The zero-order valence-electron chi connectivity index (χ0n) is 18.0. The number of ether oxygens (including phenoxy) is 2. The van der Waals surface area contributed by atoms with E-state index in [1.807, 2.05) is 24.3 Å². The number of hydrazone groups is 1. The molecule has 0 aromatic heterocycles. The van der Waals surface area contributed by atoms with Gasteiger partial charge in [-0.15, -0.1) is 0 Å². The fourth-order valence-corrected chi connectivity index (χ4v) is 3.99. The molecule has 0 aliphatic heterocycles. The van der Waals surface area contributed by atoms with Gasteiger partial charge in [0.25, 0.3) is 0 Å². The minimum absolute atomic E-state index is 0.264. The van der Waals surface area contributed by atoms with Crippen LogP contribution in [-0.2, 0) is 16.2 Å². The van der Waals surface area contributed by atoms with Crippen molar-refractivity contribution < 1.29 is 19.1 Å².